The largest absolute Gasteiger partial charge is 0.373 e. The number of thiophene rings is 1. The van der Waals surface area contributed by atoms with Crippen LogP contribution in [0.5, 0.6) is 0 Å². The Morgan fingerprint density at radius 1 is 1.38 bits per heavy atom. The number of carbonyl (C=O) groups is 1. The molecule has 2 aromatic rings. The van der Waals surface area contributed by atoms with Crippen molar-refractivity contribution in [2.75, 3.05) is 13.2 Å². The Labute approximate surface area is 144 Å². The summed E-state index contributed by atoms with van der Waals surface area (Å²) in [6, 6.07) is 7.77. The molecule has 1 saturated heterocycles. The molecule has 0 aliphatic carbocycles. The monoisotopic (exact) mass is 342 g/mol. The zero-order valence-electron chi connectivity index (χ0n) is 13.3. The molecule has 1 amide bonds. The summed E-state index contributed by atoms with van der Waals surface area (Å²) in [7, 11) is 0. The highest BCUT2D eigenvalue weighted by molar-refractivity contribution is 7.14. The van der Waals surface area contributed by atoms with Crippen LogP contribution in [0.3, 0.4) is 0 Å². The minimum Gasteiger partial charge on any atom is -0.373 e. The van der Waals surface area contributed by atoms with E-state index >= 15 is 0 Å². The Balaban J connectivity index is 1.52. The van der Waals surface area contributed by atoms with E-state index in [1.807, 2.05) is 21.7 Å². The van der Waals surface area contributed by atoms with Crippen molar-refractivity contribution in [1.29, 1.82) is 5.26 Å². The zero-order valence-corrected chi connectivity index (χ0v) is 14.1. The van der Waals surface area contributed by atoms with Gasteiger partial charge >= 0.3 is 0 Å². The Morgan fingerprint density at radius 2 is 2.29 bits per heavy atom. The van der Waals surface area contributed by atoms with Crippen molar-refractivity contribution in [2.24, 2.45) is 0 Å². The number of amides is 1. The average Bonchev–Trinajstić information content (AvgIpc) is 3.32. The predicted octanol–water partition coefficient (Wildman–Crippen LogP) is 2.71. The van der Waals surface area contributed by atoms with Crippen LogP contribution in [0.1, 0.15) is 51.3 Å². The van der Waals surface area contributed by atoms with E-state index in [0.29, 0.717) is 18.8 Å². The third-order valence-electron chi connectivity index (χ3n) is 4.50. The Kier molecular flexibility index (Phi) is 4.08. The summed E-state index contributed by atoms with van der Waals surface area (Å²) in [5, 5.41) is 13.3. The van der Waals surface area contributed by atoms with Crippen LogP contribution in [0.15, 0.2) is 18.2 Å². The van der Waals surface area contributed by atoms with Gasteiger partial charge in [0.05, 0.1) is 23.2 Å². The molecule has 4 rings (SSSR count). The summed E-state index contributed by atoms with van der Waals surface area (Å²) in [6.45, 7) is 2.76. The van der Waals surface area contributed by atoms with Gasteiger partial charge in [-0.3, -0.25) is 9.48 Å². The molecule has 0 saturated carbocycles. The summed E-state index contributed by atoms with van der Waals surface area (Å²) >= 11 is 1.54. The number of ether oxygens (including phenoxy) is 1. The highest BCUT2D eigenvalue weighted by Crippen LogP contribution is 2.34. The molecule has 4 heterocycles. The van der Waals surface area contributed by atoms with E-state index in [4.69, 9.17) is 10.00 Å². The van der Waals surface area contributed by atoms with Gasteiger partial charge < -0.3 is 9.64 Å². The smallest absolute Gasteiger partial charge is 0.264 e. The molecule has 2 aliphatic heterocycles. The van der Waals surface area contributed by atoms with Gasteiger partial charge in [0.1, 0.15) is 6.07 Å². The second kappa shape index (κ2) is 6.38. The normalized spacial score (nSPS) is 20.5. The van der Waals surface area contributed by atoms with Crippen LogP contribution in [-0.2, 0) is 17.8 Å². The van der Waals surface area contributed by atoms with E-state index in [2.05, 4.69) is 11.2 Å². The van der Waals surface area contributed by atoms with Crippen LogP contribution in [0, 0.1) is 11.3 Å². The summed E-state index contributed by atoms with van der Waals surface area (Å²) in [4.78, 5) is 16.6. The van der Waals surface area contributed by atoms with Crippen molar-refractivity contribution < 1.29 is 9.53 Å². The van der Waals surface area contributed by atoms with Crippen molar-refractivity contribution in [3.63, 3.8) is 0 Å². The van der Waals surface area contributed by atoms with Gasteiger partial charge in [0.15, 0.2) is 5.69 Å². The van der Waals surface area contributed by atoms with Crippen LogP contribution in [0.25, 0.3) is 0 Å². The second-order valence-electron chi connectivity index (χ2n) is 6.14. The molecule has 0 bridgehead atoms. The van der Waals surface area contributed by atoms with E-state index in [9.17, 15) is 4.79 Å². The first-order chi connectivity index (χ1) is 11.7. The van der Waals surface area contributed by atoms with Crippen molar-refractivity contribution in [3.8, 4) is 6.07 Å². The number of nitrogens with zero attached hydrogens (tertiary/aromatic N) is 4. The fourth-order valence-electron chi connectivity index (χ4n) is 3.29. The van der Waals surface area contributed by atoms with E-state index in [0.717, 1.165) is 47.9 Å². The van der Waals surface area contributed by atoms with Crippen molar-refractivity contribution in [1.82, 2.24) is 14.7 Å². The van der Waals surface area contributed by atoms with Crippen LogP contribution in [0.2, 0.25) is 0 Å². The van der Waals surface area contributed by atoms with Gasteiger partial charge in [0.25, 0.3) is 5.91 Å². The maximum Gasteiger partial charge on any atom is 0.264 e. The lowest BCUT2D eigenvalue weighted by atomic mass is 10.2. The van der Waals surface area contributed by atoms with Crippen LogP contribution >= 0.6 is 11.3 Å². The highest BCUT2D eigenvalue weighted by atomic mass is 32.1. The maximum atomic E-state index is 12.9. The number of aryl methyl sites for hydroxylation is 1. The first kappa shape index (κ1) is 15.4. The van der Waals surface area contributed by atoms with E-state index in [1.54, 1.807) is 6.07 Å². The lowest BCUT2D eigenvalue weighted by molar-refractivity contribution is 0.0750. The number of hydrogen-bond acceptors (Lipinski definition) is 5. The number of carbonyl (C=O) groups excluding carboxylic acids is 1. The molecule has 0 spiro atoms. The molecule has 1 atom stereocenters. The maximum absolute atomic E-state index is 12.9. The molecule has 1 fully saturated rings. The quantitative estimate of drug-likeness (QED) is 0.841. The van der Waals surface area contributed by atoms with E-state index in [1.165, 1.54) is 11.3 Å². The molecule has 124 valence electrons. The minimum absolute atomic E-state index is 0.0532. The van der Waals surface area contributed by atoms with Crippen LogP contribution in [0.4, 0.5) is 0 Å². The molecular weight excluding hydrogens is 324 g/mol. The molecule has 7 heteroatoms. The third-order valence-corrected chi connectivity index (χ3v) is 5.67. The Hall–Kier alpha value is -2.17. The number of rotatable bonds is 2. The van der Waals surface area contributed by atoms with Gasteiger partial charge in [-0.2, -0.15) is 10.4 Å². The molecule has 2 aliphatic rings. The Morgan fingerprint density at radius 3 is 3.08 bits per heavy atom. The summed E-state index contributed by atoms with van der Waals surface area (Å²) in [5.41, 5.74) is 1.34. The van der Waals surface area contributed by atoms with Crippen molar-refractivity contribution in [3.05, 3.63) is 39.3 Å². The van der Waals surface area contributed by atoms with Crippen LogP contribution in [-0.4, -0.2) is 33.7 Å². The van der Waals surface area contributed by atoms with Gasteiger partial charge in [-0.15, -0.1) is 11.3 Å². The lowest BCUT2D eigenvalue weighted by Gasteiger charge is -2.19. The third kappa shape index (κ3) is 2.83. The van der Waals surface area contributed by atoms with Gasteiger partial charge in [-0.25, -0.2) is 0 Å². The molecule has 6 nitrogen and oxygen atoms in total. The lowest BCUT2D eigenvalue weighted by Crippen LogP contribution is -2.30. The standard InChI is InChI=1S/C17H18N4O2S/c18-10-12-9-13-11-20(6-2-7-21(13)19-12)17(22)16-5-4-15(24-16)14-3-1-8-23-14/h4-5,9,14H,1-3,6-8,11H2. The number of fused-ring (bicyclic) bond motifs is 1. The summed E-state index contributed by atoms with van der Waals surface area (Å²) in [6.07, 6.45) is 3.12. The topological polar surface area (TPSA) is 71.2 Å². The van der Waals surface area contributed by atoms with Gasteiger partial charge in [0, 0.05) is 24.6 Å². The number of nitriles is 1. The molecule has 0 N–H and O–H groups in total. The molecule has 0 radical (unpaired) electrons. The number of hydrogen-bond donors (Lipinski definition) is 0. The molecule has 0 aromatic carbocycles. The van der Waals surface area contributed by atoms with Crippen molar-refractivity contribution >= 4 is 17.2 Å². The van der Waals surface area contributed by atoms with Gasteiger partial charge in [-0.1, -0.05) is 0 Å². The molecular formula is C17H18N4O2S. The van der Waals surface area contributed by atoms with E-state index < -0.39 is 0 Å². The summed E-state index contributed by atoms with van der Waals surface area (Å²) in [5.74, 6) is 0.0532. The molecule has 2 aromatic heterocycles. The first-order valence-electron chi connectivity index (χ1n) is 8.22. The van der Waals surface area contributed by atoms with E-state index in [-0.39, 0.29) is 12.0 Å². The fraction of sp³-hybridized carbons (Fsp3) is 0.471. The average molecular weight is 342 g/mol. The first-order valence-corrected chi connectivity index (χ1v) is 9.03. The predicted molar refractivity (Wildman–Crippen MR) is 88.5 cm³/mol. The minimum atomic E-state index is 0.0532. The molecule has 1 unspecified atom stereocenters. The SMILES string of the molecule is N#Cc1cc2n(n1)CCCN(C(=O)c1ccc(C3CCCO3)s1)C2. The van der Waals surface area contributed by atoms with Gasteiger partial charge in [-0.05, 0) is 37.5 Å². The molecule has 24 heavy (non-hydrogen) atoms. The van der Waals surface area contributed by atoms with Gasteiger partial charge in [0.2, 0.25) is 0 Å². The second-order valence-corrected chi connectivity index (χ2v) is 7.26. The number of aromatic nitrogens is 2. The van der Waals surface area contributed by atoms with Crippen LogP contribution < -0.4 is 0 Å². The zero-order chi connectivity index (χ0) is 16.5. The Bertz CT molecular complexity index is 798. The fourth-order valence-corrected chi connectivity index (χ4v) is 4.35. The summed E-state index contributed by atoms with van der Waals surface area (Å²) < 4.78 is 7.55. The van der Waals surface area contributed by atoms with Crippen molar-refractivity contribution in [2.45, 2.75) is 38.5 Å². The highest BCUT2D eigenvalue weighted by Gasteiger charge is 2.25.